The number of amides is 1. The Morgan fingerprint density at radius 2 is 1.93 bits per heavy atom. The smallest absolute Gasteiger partial charge is 0.270 e. The molecule has 1 amide bonds. The second-order valence-corrected chi connectivity index (χ2v) is 7.36. The number of rotatable bonds is 4. The van der Waals surface area contributed by atoms with E-state index >= 15 is 0 Å². The van der Waals surface area contributed by atoms with Crippen LogP contribution in [0.2, 0.25) is 0 Å². The highest BCUT2D eigenvalue weighted by Crippen LogP contribution is 2.29. The standard InChI is InChI=1S/C21H21N7O/c29-21(20-3-1-2-18-8-11-24-28(18)20)26-16-4-6-17(7-5-16)27-13-15(12-25-27)19-9-10-22-14-23-19/h1-3,8-14,16-17H,4-7H2,(H,26,29). The lowest BCUT2D eigenvalue weighted by Gasteiger charge is -2.29. The molecule has 146 valence electrons. The van der Waals surface area contributed by atoms with Gasteiger partial charge in [0.2, 0.25) is 0 Å². The van der Waals surface area contributed by atoms with Crippen molar-refractivity contribution in [2.24, 2.45) is 0 Å². The Labute approximate surface area is 167 Å². The van der Waals surface area contributed by atoms with Gasteiger partial charge >= 0.3 is 0 Å². The van der Waals surface area contributed by atoms with Crippen molar-refractivity contribution in [1.82, 2.24) is 34.7 Å². The third-order valence-electron chi connectivity index (χ3n) is 5.54. The van der Waals surface area contributed by atoms with Crippen molar-refractivity contribution < 1.29 is 4.79 Å². The Balaban J connectivity index is 1.21. The molecule has 1 aliphatic rings. The first-order valence-corrected chi connectivity index (χ1v) is 9.82. The number of hydrogen-bond acceptors (Lipinski definition) is 5. The third kappa shape index (κ3) is 3.49. The minimum Gasteiger partial charge on any atom is -0.348 e. The molecule has 0 bridgehead atoms. The lowest BCUT2D eigenvalue weighted by molar-refractivity contribution is 0.0914. The van der Waals surface area contributed by atoms with E-state index in [1.54, 1.807) is 29.3 Å². The van der Waals surface area contributed by atoms with Crippen molar-refractivity contribution in [3.63, 3.8) is 0 Å². The van der Waals surface area contributed by atoms with Crippen molar-refractivity contribution >= 4 is 11.4 Å². The van der Waals surface area contributed by atoms with Gasteiger partial charge in [-0.15, -0.1) is 0 Å². The zero-order valence-corrected chi connectivity index (χ0v) is 15.8. The molecular weight excluding hydrogens is 366 g/mol. The van der Waals surface area contributed by atoms with E-state index in [-0.39, 0.29) is 11.9 Å². The van der Waals surface area contributed by atoms with Gasteiger partial charge in [0, 0.05) is 24.0 Å². The quantitative estimate of drug-likeness (QED) is 0.581. The monoisotopic (exact) mass is 387 g/mol. The number of aromatic nitrogens is 6. The Morgan fingerprint density at radius 3 is 2.76 bits per heavy atom. The molecule has 1 N–H and O–H groups in total. The van der Waals surface area contributed by atoms with Crippen LogP contribution in [0.4, 0.5) is 0 Å². The summed E-state index contributed by atoms with van der Waals surface area (Å²) in [4.78, 5) is 21.0. The number of nitrogens with zero attached hydrogens (tertiary/aromatic N) is 6. The maximum Gasteiger partial charge on any atom is 0.270 e. The number of hydrogen-bond donors (Lipinski definition) is 1. The van der Waals surface area contributed by atoms with E-state index in [0.717, 1.165) is 42.5 Å². The van der Waals surface area contributed by atoms with E-state index in [9.17, 15) is 4.79 Å². The van der Waals surface area contributed by atoms with E-state index in [0.29, 0.717) is 11.7 Å². The summed E-state index contributed by atoms with van der Waals surface area (Å²) in [5.41, 5.74) is 3.35. The fraction of sp³-hybridized carbons (Fsp3) is 0.286. The van der Waals surface area contributed by atoms with Crippen LogP contribution in [0.3, 0.4) is 0 Å². The number of carbonyl (C=O) groups is 1. The second-order valence-electron chi connectivity index (χ2n) is 7.36. The van der Waals surface area contributed by atoms with Crippen LogP contribution in [-0.2, 0) is 0 Å². The Kier molecular flexibility index (Phi) is 4.51. The maximum absolute atomic E-state index is 12.7. The van der Waals surface area contributed by atoms with Crippen LogP contribution in [-0.4, -0.2) is 41.3 Å². The minimum absolute atomic E-state index is 0.0760. The van der Waals surface area contributed by atoms with E-state index in [4.69, 9.17) is 0 Å². The highest BCUT2D eigenvalue weighted by molar-refractivity contribution is 5.93. The topological polar surface area (TPSA) is 90.0 Å². The highest BCUT2D eigenvalue weighted by atomic mass is 16.2. The molecule has 8 nitrogen and oxygen atoms in total. The molecule has 5 rings (SSSR count). The van der Waals surface area contributed by atoms with Gasteiger partial charge in [-0.25, -0.2) is 14.5 Å². The molecule has 1 aliphatic carbocycles. The third-order valence-corrected chi connectivity index (χ3v) is 5.54. The van der Waals surface area contributed by atoms with Gasteiger partial charge in [0.05, 0.1) is 29.6 Å². The molecule has 0 spiro atoms. The predicted molar refractivity (Wildman–Crippen MR) is 107 cm³/mol. The summed E-state index contributed by atoms with van der Waals surface area (Å²) in [5, 5.41) is 12.0. The summed E-state index contributed by atoms with van der Waals surface area (Å²) >= 11 is 0. The molecule has 0 aromatic carbocycles. The van der Waals surface area contributed by atoms with Crippen LogP contribution in [0.25, 0.3) is 16.8 Å². The molecule has 29 heavy (non-hydrogen) atoms. The number of fused-ring (bicyclic) bond motifs is 1. The summed E-state index contributed by atoms with van der Waals surface area (Å²) in [6, 6.07) is 9.91. The summed E-state index contributed by atoms with van der Waals surface area (Å²) < 4.78 is 3.71. The molecule has 4 heterocycles. The minimum atomic E-state index is -0.0760. The molecule has 1 saturated carbocycles. The number of carbonyl (C=O) groups excluding carboxylic acids is 1. The van der Waals surface area contributed by atoms with Gasteiger partial charge in [-0.3, -0.25) is 9.48 Å². The average molecular weight is 387 g/mol. The zero-order chi connectivity index (χ0) is 19.6. The first-order valence-electron chi connectivity index (χ1n) is 9.82. The molecule has 8 heteroatoms. The van der Waals surface area contributed by atoms with Crippen LogP contribution in [0, 0.1) is 0 Å². The normalized spacial score (nSPS) is 19.3. The van der Waals surface area contributed by atoms with E-state index in [1.165, 1.54) is 0 Å². The Hall–Kier alpha value is -3.55. The molecule has 0 saturated heterocycles. The van der Waals surface area contributed by atoms with Crippen molar-refractivity contribution in [3.05, 3.63) is 67.1 Å². The Bertz CT molecular complexity index is 1130. The van der Waals surface area contributed by atoms with E-state index in [2.05, 4.69) is 25.5 Å². The maximum atomic E-state index is 12.7. The lowest BCUT2D eigenvalue weighted by atomic mass is 9.91. The van der Waals surface area contributed by atoms with Crippen molar-refractivity contribution in [1.29, 1.82) is 0 Å². The average Bonchev–Trinajstić information content (AvgIpc) is 3.44. The van der Waals surface area contributed by atoms with Crippen molar-refractivity contribution in [2.75, 3.05) is 0 Å². The lowest BCUT2D eigenvalue weighted by Crippen LogP contribution is -2.38. The molecule has 4 aromatic rings. The summed E-state index contributed by atoms with van der Waals surface area (Å²) in [6.45, 7) is 0. The molecule has 0 unspecified atom stereocenters. The molecule has 0 atom stereocenters. The van der Waals surface area contributed by atoms with E-state index < -0.39 is 0 Å². The summed E-state index contributed by atoms with van der Waals surface area (Å²) in [7, 11) is 0. The summed E-state index contributed by atoms with van der Waals surface area (Å²) in [5.74, 6) is -0.0760. The zero-order valence-electron chi connectivity index (χ0n) is 15.8. The number of nitrogens with one attached hydrogen (secondary N) is 1. The van der Waals surface area contributed by atoms with Gasteiger partial charge in [-0.05, 0) is 49.9 Å². The van der Waals surface area contributed by atoms with Crippen LogP contribution in [0.5, 0.6) is 0 Å². The van der Waals surface area contributed by atoms with Gasteiger partial charge in [0.15, 0.2) is 0 Å². The second kappa shape index (κ2) is 7.46. The first-order chi connectivity index (χ1) is 14.3. The van der Waals surface area contributed by atoms with Gasteiger partial charge in [0.1, 0.15) is 12.0 Å². The predicted octanol–water partition coefficient (Wildman–Crippen LogP) is 2.90. The van der Waals surface area contributed by atoms with Crippen molar-refractivity contribution in [3.8, 4) is 11.3 Å². The van der Waals surface area contributed by atoms with Gasteiger partial charge in [0.25, 0.3) is 5.91 Å². The fourth-order valence-electron chi connectivity index (χ4n) is 4.00. The molecular formula is C21H21N7O. The van der Waals surface area contributed by atoms with Crippen LogP contribution in [0.15, 0.2) is 61.4 Å². The first kappa shape index (κ1) is 17.5. The van der Waals surface area contributed by atoms with Crippen LogP contribution < -0.4 is 5.32 Å². The van der Waals surface area contributed by atoms with Crippen LogP contribution >= 0.6 is 0 Å². The molecule has 1 fully saturated rings. The molecule has 0 aliphatic heterocycles. The van der Waals surface area contributed by atoms with E-state index in [1.807, 2.05) is 41.3 Å². The number of pyridine rings is 1. The van der Waals surface area contributed by atoms with Gasteiger partial charge in [-0.2, -0.15) is 10.2 Å². The largest absolute Gasteiger partial charge is 0.348 e. The summed E-state index contributed by atoms with van der Waals surface area (Å²) in [6.07, 6.45) is 12.7. The highest BCUT2D eigenvalue weighted by Gasteiger charge is 2.25. The van der Waals surface area contributed by atoms with Gasteiger partial charge in [-0.1, -0.05) is 6.07 Å². The van der Waals surface area contributed by atoms with Crippen molar-refractivity contribution in [2.45, 2.75) is 37.8 Å². The fourth-order valence-corrected chi connectivity index (χ4v) is 4.00. The molecule has 0 radical (unpaired) electrons. The Morgan fingerprint density at radius 1 is 1.03 bits per heavy atom. The van der Waals surface area contributed by atoms with Gasteiger partial charge < -0.3 is 5.32 Å². The van der Waals surface area contributed by atoms with Crippen LogP contribution in [0.1, 0.15) is 42.2 Å². The SMILES string of the molecule is O=C(NC1CCC(n2cc(-c3ccncn3)cn2)CC1)c1cccc2ccnn12. The molecule has 4 aromatic heterocycles.